The van der Waals surface area contributed by atoms with Gasteiger partial charge in [0.1, 0.15) is 0 Å². The Morgan fingerprint density at radius 1 is 1.48 bits per heavy atom. The normalized spacial score (nSPS) is 14.3. The number of benzene rings is 1. The van der Waals surface area contributed by atoms with Gasteiger partial charge in [0.05, 0.1) is 0 Å². The quantitative estimate of drug-likeness (QED) is 0.839. The van der Waals surface area contributed by atoms with Gasteiger partial charge in [0.15, 0.2) is 18.2 Å². The molecule has 4 nitrogen and oxygen atoms in total. The van der Waals surface area contributed by atoms with Gasteiger partial charge >= 0.3 is 0 Å². The van der Waals surface area contributed by atoms with Crippen molar-refractivity contribution in [2.45, 2.75) is 45.3 Å². The van der Waals surface area contributed by atoms with Crippen molar-refractivity contribution in [1.29, 1.82) is 0 Å². The monoisotopic (exact) mass is 294 g/mol. The first-order valence-corrected chi connectivity index (χ1v) is 7.37. The summed E-state index contributed by atoms with van der Waals surface area (Å²) in [6.45, 7) is 4.57. The smallest absolute Gasteiger partial charge is 0.260 e. The molecule has 0 bridgehead atoms. The lowest BCUT2D eigenvalue weighted by Crippen LogP contribution is -2.33. The van der Waals surface area contributed by atoms with E-state index in [1.165, 1.54) is 6.07 Å². The molecule has 0 aliphatic heterocycles. The van der Waals surface area contributed by atoms with Gasteiger partial charge in [0, 0.05) is 25.7 Å². The van der Waals surface area contributed by atoms with Crippen molar-refractivity contribution in [3.8, 4) is 5.75 Å². The Hall–Kier alpha value is -1.62. The Morgan fingerprint density at radius 2 is 2.19 bits per heavy atom. The van der Waals surface area contributed by atoms with E-state index in [4.69, 9.17) is 4.74 Å². The highest BCUT2D eigenvalue weighted by Crippen LogP contribution is 2.25. The van der Waals surface area contributed by atoms with Gasteiger partial charge in [-0.05, 0) is 30.5 Å². The number of halogens is 1. The summed E-state index contributed by atoms with van der Waals surface area (Å²) in [7, 11) is 1.76. The Labute approximate surface area is 125 Å². The second-order valence-corrected chi connectivity index (χ2v) is 5.82. The third-order valence-electron chi connectivity index (χ3n) is 3.55. The third-order valence-corrected chi connectivity index (χ3v) is 3.55. The molecule has 0 radical (unpaired) electrons. The molecular weight excluding hydrogens is 271 g/mol. The molecule has 1 aliphatic carbocycles. The minimum Gasteiger partial charge on any atom is -0.481 e. The molecule has 0 atom stereocenters. The molecule has 1 aromatic carbocycles. The molecule has 1 aromatic rings. The van der Waals surface area contributed by atoms with Gasteiger partial charge in [-0.25, -0.2) is 4.39 Å². The van der Waals surface area contributed by atoms with Crippen LogP contribution in [0.3, 0.4) is 0 Å². The first-order valence-electron chi connectivity index (χ1n) is 7.37. The van der Waals surface area contributed by atoms with E-state index in [1.807, 2.05) is 19.9 Å². The number of ether oxygens (including phenoxy) is 1. The number of hydrogen-bond acceptors (Lipinski definition) is 3. The molecule has 5 heteroatoms. The van der Waals surface area contributed by atoms with E-state index in [2.05, 4.69) is 5.32 Å². The summed E-state index contributed by atoms with van der Waals surface area (Å²) in [5.74, 6) is -0.414. The molecule has 0 spiro atoms. The first-order chi connectivity index (χ1) is 9.97. The summed E-state index contributed by atoms with van der Waals surface area (Å²) >= 11 is 0. The van der Waals surface area contributed by atoms with E-state index in [-0.39, 0.29) is 18.3 Å². The largest absolute Gasteiger partial charge is 0.481 e. The fourth-order valence-corrected chi connectivity index (χ4v) is 2.00. The SMILES string of the molecule is CC(C)NCc1ccc(OCC(=O)N(C)C2CC2)c(F)c1. The highest BCUT2D eigenvalue weighted by Gasteiger charge is 2.29. The van der Waals surface area contributed by atoms with Crippen LogP contribution in [0.5, 0.6) is 5.75 Å². The Kier molecular flexibility index (Phi) is 5.17. The molecule has 116 valence electrons. The fraction of sp³-hybridized carbons (Fsp3) is 0.562. The molecule has 2 rings (SSSR count). The van der Waals surface area contributed by atoms with Crippen molar-refractivity contribution >= 4 is 5.91 Å². The van der Waals surface area contributed by atoms with Crippen LogP contribution in [0.4, 0.5) is 4.39 Å². The Morgan fingerprint density at radius 3 is 2.76 bits per heavy atom. The predicted molar refractivity (Wildman–Crippen MR) is 79.7 cm³/mol. The van der Waals surface area contributed by atoms with Crippen LogP contribution in [0.2, 0.25) is 0 Å². The summed E-state index contributed by atoms with van der Waals surface area (Å²) in [6.07, 6.45) is 2.10. The minimum atomic E-state index is -0.431. The van der Waals surface area contributed by atoms with Crippen molar-refractivity contribution < 1.29 is 13.9 Å². The number of amides is 1. The number of rotatable bonds is 7. The number of carbonyl (C=O) groups is 1. The van der Waals surface area contributed by atoms with E-state index in [1.54, 1.807) is 18.0 Å². The third kappa shape index (κ3) is 4.70. The molecule has 0 aromatic heterocycles. The Balaban J connectivity index is 1.86. The summed E-state index contributed by atoms with van der Waals surface area (Å²) in [6, 6.07) is 5.52. The van der Waals surface area contributed by atoms with Crippen molar-refractivity contribution in [3.63, 3.8) is 0 Å². The average Bonchev–Trinajstić information content (AvgIpc) is 3.27. The van der Waals surface area contributed by atoms with Gasteiger partial charge in [-0.15, -0.1) is 0 Å². The second-order valence-electron chi connectivity index (χ2n) is 5.82. The molecular formula is C16H23FN2O2. The van der Waals surface area contributed by atoms with Gasteiger partial charge < -0.3 is 15.0 Å². The molecule has 0 saturated heterocycles. The standard InChI is InChI=1S/C16H23FN2O2/c1-11(2)18-9-12-4-7-15(14(17)8-12)21-10-16(20)19(3)13-5-6-13/h4,7-8,11,13,18H,5-6,9-10H2,1-3H3. The average molecular weight is 294 g/mol. The van der Waals surface area contributed by atoms with E-state index in [0.717, 1.165) is 18.4 Å². The van der Waals surface area contributed by atoms with Crippen molar-refractivity contribution in [3.05, 3.63) is 29.6 Å². The van der Waals surface area contributed by atoms with E-state index in [0.29, 0.717) is 18.6 Å². The topological polar surface area (TPSA) is 41.6 Å². The summed E-state index contributed by atoms with van der Waals surface area (Å²) < 4.78 is 19.2. The number of hydrogen-bond donors (Lipinski definition) is 1. The number of carbonyl (C=O) groups excluding carboxylic acids is 1. The first kappa shape index (κ1) is 15.8. The maximum Gasteiger partial charge on any atom is 0.260 e. The molecule has 1 N–H and O–H groups in total. The zero-order chi connectivity index (χ0) is 15.4. The molecule has 1 amide bonds. The van der Waals surface area contributed by atoms with Crippen LogP contribution >= 0.6 is 0 Å². The van der Waals surface area contributed by atoms with Crippen molar-refractivity contribution in [2.75, 3.05) is 13.7 Å². The molecule has 0 heterocycles. The molecule has 1 aliphatic rings. The van der Waals surface area contributed by atoms with Crippen LogP contribution < -0.4 is 10.1 Å². The van der Waals surface area contributed by atoms with E-state index < -0.39 is 5.82 Å². The predicted octanol–water partition coefficient (Wildman–Crippen LogP) is 2.32. The zero-order valence-electron chi connectivity index (χ0n) is 12.9. The van der Waals surface area contributed by atoms with E-state index in [9.17, 15) is 9.18 Å². The number of nitrogens with zero attached hydrogens (tertiary/aromatic N) is 1. The zero-order valence-corrected chi connectivity index (χ0v) is 12.9. The maximum absolute atomic E-state index is 13.9. The van der Waals surface area contributed by atoms with Crippen molar-refractivity contribution in [2.24, 2.45) is 0 Å². The summed E-state index contributed by atoms with van der Waals surface area (Å²) in [5, 5.41) is 3.22. The Bertz CT molecular complexity index is 501. The molecule has 0 unspecified atom stereocenters. The lowest BCUT2D eigenvalue weighted by molar-refractivity contribution is -0.132. The van der Waals surface area contributed by atoms with Gasteiger partial charge in [0.2, 0.25) is 0 Å². The maximum atomic E-state index is 13.9. The van der Waals surface area contributed by atoms with E-state index >= 15 is 0 Å². The highest BCUT2D eigenvalue weighted by atomic mass is 19.1. The van der Waals surface area contributed by atoms with Gasteiger partial charge in [-0.3, -0.25) is 4.79 Å². The van der Waals surface area contributed by atoms with Gasteiger partial charge in [-0.1, -0.05) is 19.9 Å². The number of nitrogens with one attached hydrogen (secondary N) is 1. The van der Waals surface area contributed by atoms with Crippen LogP contribution in [0.1, 0.15) is 32.3 Å². The lowest BCUT2D eigenvalue weighted by Gasteiger charge is -2.16. The number of likely N-dealkylation sites (N-methyl/N-ethyl adjacent to an activating group) is 1. The highest BCUT2D eigenvalue weighted by molar-refractivity contribution is 5.78. The summed E-state index contributed by atoms with van der Waals surface area (Å²) in [5.41, 5.74) is 0.856. The molecule has 1 saturated carbocycles. The van der Waals surface area contributed by atoms with Crippen molar-refractivity contribution in [1.82, 2.24) is 10.2 Å². The van der Waals surface area contributed by atoms with Crippen LogP contribution in [0, 0.1) is 5.82 Å². The molecule has 21 heavy (non-hydrogen) atoms. The molecule has 1 fully saturated rings. The second kappa shape index (κ2) is 6.89. The van der Waals surface area contributed by atoms with Crippen LogP contribution in [-0.4, -0.2) is 36.5 Å². The van der Waals surface area contributed by atoms with Crippen LogP contribution in [-0.2, 0) is 11.3 Å². The van der Waals surface area contributed by atoms with Crippen LogP contribution in [0.15, 0.2) is 18.2 Å². The minimum absolute atomic E-state index is 0.109. The fourth-order valence-electron chi connectivity index (χ4n) is 2.00. The van der Waals surface area contributed by atoms with Crippen LogP contribution in [0.25, 0.3) is 0 Å². The van der Waals surface area contributed by atoms with Gasteiger partial charge in [-0.2, -0.15) is 0 Å². The lowest BCUT2D eigenvalue weighted by atomic mass is 10.2. The van der Waals surface area contributed by atoms with Gasteiger partial charge in [0.25, 0.3) is 5.91 Å². The summed E-state index contributed by atoms with van der Waals surface area (Å²) in [4.78, 5) is 13.5.